The number of carbonyl (C=O) groups excluding carboxylic acids is 3. The Morgan fingerprint density at radius 2 is 1.64 bits per heavy atom. The van der Waals surface area contributed by atoms with Gasteiger partial charge >= 0.3 is 5.97 Å². The quantitative estimate of drug-likeness (QED) is 0.233. The molecule has 4 aromatic carbocycles. The smallest absolute Gasteiger partial charge is 0.316 e. The predicted molar refractivity (Wildman–Crippen MR) is 142 cm³/mol. The van der Waals surface area contributed by atoms with Gasteiger partial charge in [-0.05, 0) is 47.6 Å². The molecule has 36 heavy (non-hydrogen) atoms. The van der Waals surface area contributed by atoms with Crippen molar-refractivity contribution in [1.82, 2.24) is 0 Å². The van der Waals surface area contributed by atoms with Crippen molar-refractivity contribution in [3.8, 4) is 11.1 Å². The molecule has 0 fully saturated rings. The number of amides is 1. The van der Waals surface area contributed by atoms with Crippen molar-refractivity contribution in [3.63, 3.8) is 0 Å². The summed E-state index contributed by atoms with van der Waals surface area (Å²) in [5.41, 5.74) is 5.36. The first kappa shape index (κ1) is 22.6. The zero-order valence-electron chi connectivity index (χ0n) is 19.7. The van der Waals surface area contributed by atoms with E-state index >= 15 is 0 Å². The number of benzene rings is 4. The van der Waals surface area contributed by atoms with Crippen molar-refractivity contribution in [2.24, 2.45) is 0 Å². The molecule has 1 amide bonds. The van der Waals surface area contributed by atoms with Crippen LogP contribution in [0.3, 0.4) is 0 Å². The van der Waals surface area contributed by atoms with Gasteiger partial charge in [-0.2, -0.15) is 0 Å². The molecule has 2 aliphatic rings. The maximum absolute atomic E-state index is 13.1. The highest BCUT2D eigenvalue weighted by Gasteiger charge is 2.31. The molecule has 5 nitrogen and oxygen atoms in total. The van der Waals surface area contributed by atoms with Crippen LogP contribution in [0.5, 0.6) is 0 Å². The first-order chi connectivity index (χ1) is 17.5. The third-order valence-corrected chi connectivity index (χ3v) is 7.93. The molecule has 178 valence electrons. The highest BCUT2D eigenvalue weighted by atomic mass is 32.2. The van der Waals surface area contributed by atoms with Gasteiger partial charge in [0, 0.05) is 33.1 Å². The largest absolute Gasteiger partial charge is 0.455 e. The van der Waals surface area contributed by atoms with Crippen molar-refractivity contribution in [1.29, 1.82) is 0 Å². The third-order valence-electron chi connectivity index (χ3n) is 6.89. The van der Waals surface area contributed by atoms with Crippen LogP contribution >= 0.6 is 11.8 Å². The summed E-state index contributed by atoms with van der Waals surface area (Å²) in [5.74, 6) is -0.579. The number of fused-ring (bicyclic) bond motifs is 3. The maximum Gasteiger partial charge on any atom is 0.316 e. The summed E-state index contributed by atoms with van der Waals surface area (Å²) in [6.07, 6.45) is 0.795. The van der Waals surface area contributed by atoms with Crippen LogP contribution in [0.25, 0.3) is 21.9 Å². The van der Waals surface area contributed by atoms with Gasteiger partial charge in [0.25, 0.3) is 5.91 Å². The van der Waals surface area contributed by atoms with Gasteiger partial charge < -0.3 is 9.64 Å². The lowest BCUT2D eigenvalue weighted by Crippen LogP contribution is -2.38. The topological polar surface area (TPSA) is 63.7 Å². The zero-order valence-corrected chi connectivity index (χ0v) is 20.5. The number of para-hydroxylation sites is 1. The van der Waals surface area contributed by atoms with Crippen LogP contribution in [-0.2, 0) is 20.7 Å². The van der Waals surface area contributed by atoms with E-state index < -0.39 is 5.97 Å². The Morgan fingerprint density at radius 3 is 2.50 bits per heavy atom. The molecule has 0 radical (unpaired) electrons. The number of ketones is 1. The summed E-state index contributed by atoms with van der Waals surface area (Å²) >= 11 is 1.35. The molecule has 0 N–H and O–H groups in total. The fourth-order valence-corrected chi connectivity index (χ4v) is 6.16. The molecule has 6 rings (SSSR count). The summed E-state index contributed by atoms with van der Waals surface area (Å²) in [4.78, 5) is 41.1. The Kier molecular flexibility index (Phi) is 5.61. The Morgan fingerprint density at radius 1 is 0.889 bits per heavy atom. The minimum absolute atomic E-state index is 0.0153. The van der Waals surface area contributed by atoms with E-state index in [0.717, 1.165) is 44.5 Å². The predicted octanol–water partition coefficient (Wildman–Crippen LogP) is 5.66. The van der Waals surface area contributed by atoms with Gasteiger partial charge in [-0.1, -0.05) is 66.7 Å². The molecule has 0 bridgehead atoms. The van der Waals surface area contributed by atoms with E-state index in [9.17, 15) is 14.4 Å². The zero-order chi connectivity index (χ0) is 24.8. The number of nitrogens with zero attached hydrogens (tertiary/aromatic N) is 1. The van der Waals surface area contributed by atoms with Gasteiger partial charge in [0.2, 0.25) is 0 Å². The normalized spacial score (nSPS) is 15.5. The van der Waals surface area contributed by atoms with Gasteiger partial charge in [0.15, 0.2) is 12.4 Å². The van der Waals surface area contributed by atoms with Gasteiger partial charge in [-0.3, -0.25) is 14.4 Å². The van der Waals surface area contributed by atoms with E-state index in [1.54, 1.807) is 4.90 Å². The van der Waals surface area contributed by atoms with Crippen LogP contribution in [0, 0.1) is 0 Å². The van der Waals surface area contributed by atoms with E-state index in [2.05, 4.69) is 0 Å². The van der Waals surface area contributed by atoms with E-state index in [1.807, 2.05) is 85.8 Å². The number of anilines is 1. The Hall–Kier alpha value is -3.90. The molecule has 0 aromatic heterocycles. The van der Waals surface area contributed by atoms with Gasteiger partial charge in [-0.25, -0.2) is 0 Å². The van der Waals surface area contributed by atoms with Crippen molar-refractivity contribution >= 4 is 45.9 Å². The van der Waals surface area contributed by atoms with Crippen LogP contribution in [0.2, 0.25) is 0 Å². The van der Waals surface area contributed by atoms with Gasteiger partial charge in [0.1, 0.15) is 0 Å². The molecule has 1 heterocycles. The number of thioether (sulfide) groups is 1. The third kappa shape index (κ3) is 3.69. The highest BCUT2D eigenvalue weighted by Crippen LogP contribution is 2.42. The monoisotopic (exact) mass is 493 g/mol. The van der Waals surface area contributed by atoms with Crippen LogP contribution in [0.1, 0.15) is 28.4 Å². The van der Waals surface area contributed by atoms with Crippen molar-refractivity contribution in [2.75, 3.05) is 17.3 Å². The number of ether oxygens (including phenoxy) is 1. The first-order valence-corrected chi connectivity index (χ1v) is 12.9. The summed E-state index contributed by atoms with van der Waals surface area (Å²) < 4.78 is 5.35. The SMILES string of the molecule is CC1Cc2ccccc2N1C(=O)COC(=O)CSc1ccc2c3c(cccc13)C(=O)c1ccccc1-2. The Labute approximate surface area is 213 Å². The molecule has 0 spiro atoms. The van der Waals surface area contributed by atoms with Crippen LogP contribution in [0.15, 0.2) is 83.8 Å². The van der Waals surface area contributed by atoms with Crippen LogP contribution in [-0.4, -0.2) is 36.1 Å². The highest BCUT2D eigenvalue weighted by molar-refractivity contribution is 8.00. The average molecular weight is 494 g/mol. The van der Waals surface area contributed by atoms with Gasteiger partial charge in [0.05, 0.1) is 5.75 Å². The Bertz CT molecular complexity index is 1560. The van der Waals surface area contributed by atoms with Crippen molar-refractivity contribution < 1.29 is 19.1 Å². The summed E-state index contributed by atoms with van der Waals surface area (Å²) in [5, 5.41) is 1.85. The van der Waals surface area contributed by atoms with Crippen molar-refractivity contribution in [3.05, 3.63) is 95.6 Å². The molecule has 1 unspecified atom stereocenters. The summed E-state index contributed by atoms with van der Waals surface area (Å²) in [6, 6.07) is 25.2. The molecule has 4 aromatic rings. The second kappa shape index (κ2) is 8.95. The van der Waals surface area contributed by atoms with E-state index in [0.29, 0.717) is 11.1 Å². The lowest BCUT2D eigenvalue weighted by Gasteiger charge is -2.22. The number of rotatable bonds is 5. The molecule has 1 atom stereocenters. The molecule has 1 aliphatic carbocycles. The van der Waals surface area contributed by atoms with E-state index in [1.165, 1.54) is 11.8 Å². The molecule has 1 aliphatic heterocycles. The second-order valence-corrected chi connectivity index (χ2v) is 10.1. The first-order valence-electron chi connectivity index (χ1n) is 11.9. The second-order valence-electron chi connectivity index (χ2n) is 9.11. The molecule has 0 saturated heterocycles. The van der Waals surface area contributed by atoms with Gasteiger partial charge in [-0.15, -0.1) is 11.8 Å². The average Bonchev–Trinajstić information content (AvgIpc) is 3.25. The summed E-state index contributed by atoms with van der Waals surface area (Å²) in [7, 11) is 0. The molecular weight excluding hydrogens is 470 g/mol. The van der Waals surface area contributed by atoms with Crippen molar-refractivity contribution in [2.45, 2.75) is 24.3 Å². The van der Waals surface area contributed by atoms with E-state index in [-0.39, 0.29) is 30.1 Å². The number of carbonyl (C=O) groups is 3. The Balaban J connectivity index is 1.17. The standard InChI is InChI=1S/C30H23NO4S/c1-18-15-19-7-2-5-12-25(19)31(18)27(32)16-35-28(33)17-36-26-14-13-21-20-8-3-4-9-22(20)30(34)24-11-6-10-23(26)29(21)24/h2-14,18H,15-17H2,1H3. The fraction of sp³-hybridized carbons (Fsp3) is 0.167. The number of esters is 1. The minimum Gasteiger partial charge on any atom is -0.455 e. The fourth-order valence-electron chi connectivity index (χ4n) is 5.32. The molecular formula is C30H23NO4S. The van der Waals surface area contributed by atoms with Crippen LogP contribution in [0.4, 0.5) is 5.69 Å². The molecule has 0 saturated carbocycles. The van der Waals surface area contributed by atoms with E-state index in [4.69, 9.17) is 4.74 Å². The molecule has 6 heteroatoms. The lowest BCUT2D eigenvalue weighted by molar-refractivity contribution is -0.145. The minimum atomic E-state index is -0.449. The summed E-state index contributed by atoms with van der Waals surface area (Å²) in [6.45, 7) is 1.71. The number of hydrogen-bond acceptors (Lipinski definition) is 5. The van der Waals surface area contributed by atoms with Crippen LogP contribution < -0.4 is 4.90 Å². The number of hydrogen-bond donors (Lipinski definition) is 0. The maximum atomic E-state index is 13.1. The lowest BCUT2D eigenvalue weighted by atomic mass is 9.83.